The number of ether oxygens (including phenoxy) is 1. The van der Waals surface area contributed by atoms with Crippen molar-refractivity contribution < 1.29 is 13.9 Å². The average molecular weight is 247 g/mol. The number of rotatable bonds is 1. The fourth-order valence-electron chi connectivity index (χ4n) is 0.984. The maximum Gasteiger partial charge on any atom is 0.340 e. The summed E-state index contributed by atoms with van der Waals surface area (Å²) in [6, 6.07) is 3.00. The average Bonchev–Trinajstić information content (AvgIpc) is 2.10. The van der Waals surface area contributed by atoms with Crippen molar-refractivity contribution in [3.8, 4) is 0 Å². The number of hydrogen-bond donors (Lipinski definition) is 0. The van der Waals surface area contributed by atoms with E-state index in [1.807, 2.05) is 0 Å². The lowest BCUT2D eigenvalue weighted by molar-refractivity contribution is 0.0595. The van der Waals surface area contributed by atoms with E-state index in [4.69, 9.17) is 0 Å². The van der Waals surface area contributed by atoms with Gasteiger partial charge in [0.15, 0.2) is 0 Å². The predicted molar refractivity (Wildman–Crippen MR) is 50.2 cm³/mol. The summed E-state index contributed by atoms with van der Waals surface area (Å²) >= 11 is 3.17. The first-order chi connectivity index (χ1) is 6.06. The van der Waals surface area contributed by atoms with Crippen LogP contribution >= 0.6 is 15.9 Å². The molecule has 0 amide bonds. The minimum atomic E-state index is -0.665. The second kappa shape index (κ2) is 3.87. The Balaban J connectivity index is 3.28. The van der Waals surface area contributed by atoms with Crippen molar-refractivity contribution in [2.75, 3.05) is 7.11 Å². The number of halogens is 2. The molecule has 0 aliphatic rings. The highest BCUT2D eigenvalue weighted by molar-refractivity contribution is 9.10. The number of esters is 1. The summed E-state index contributed by atoms with van der Waals surface area (Å²) in [5, 5.41) is 0. The molecule has 4 heteroatoms. The molecule has 0 spiro atoms. The zero-order chi connectivity index (χ0) is 10.0. The van der Waals surface area contributed by atoms with Gasteiger partial charge < -0.3 is 4.74 Å². The van der Waals surface area contributed by atoms with Crippen LogP contribution in [0.1, 0.15) is 15.9 Å². The lowest BCUT2D eigenvalue weighted by atomic mass is 10.1. The van der Waals surface area contributed by atoms with E-state index in [0.29, 0.717) is 10.0 Å². The Morgan fingerprint density at radius 3 is 2.69 bits per heavy atom. The van der Waals surface area contributed by atoms with E-state index < -0.39 is 11.8 Å². The third-order valence-corrected chi connectivity index (χ3v) is 2.08. The van der Waals surface area contributed by atoms with E-state index in [2.05, 4.69) is 20.7 Å². The van der Waals surface area contributed by atoms with Gasteiger partial charge >= 0.3 is 5.97 Å². The van der Waals surface area contributed by atoms with Gasteiger partial charge in [0.1, 0.15) is 5.82 Å². The Hall–Kier alpha value is -0.900. The van der Waals surface area contributed by atoms with Gasteiger partial charge in [-0.05, 0) is 24.6 Å². The minimum absolute atomic E-state index is 0.0469. The Morgan fingerprint density at radius 2 is 2.15 bits per heavy atom. The van der Waals surface area contributed by atoms with Crippen LogP contribution < -0.4 is 0 Å². The molecule has 0 N–H and O–H groups in total. The van der Waals surface area contributed by atoms with Crippen LogP contribution in [0.2, 0.25) is 0 Å². The highest BCUT2D eigenvalue weighted by atomic mass is 79.9. The highest BCUT2D eigenvalue weighted by Crippen LogP contribution is 2.20. The van der Waals surface area contributed by atoms with E-state index in [9.17, 15) is 9.18 Å². The van der Waals surface area contributed by atoms with Gasteiger partial charge in [0, 0.05) is 4.47 Å². The van der Waals surface area contributed by atoms with Crippen LogP contribution in [-0.4, -0.2) is 13.1 Å². The fraction of sp³-hybridized carbons (Fsp3) is 0.222. The lowest BCUT2D eigenvalue weighted by Crippen LogP contribution is -2.05. The summed E-state index contributed by atoms with van der Waals surface area (Å²) in [7, 11) is 1.22. The summed E-state index contributed by atoms with van der Waals surface area (Å²) in [5.41, 5.74) is 0.365. The van der Waals surface area contributed by atoms with Crippen molar-refractivity contribution >= 4 is 21.9 Å². The van der Waals surface area contributed by atoms with Crippen LogP contribution in [0.15, 0.2) is 16.6 Å². The molecule has 70 valence electrons. The number of benzene rings is 1. The SMILES string of the molecule is COC(=O)c1cc(Br)cc(C)c1F. The molecule has 1 aromatic rings. The molecule has 2 nitrogen and oxygen atoms in total. The second-order valence-corrected chi connectivity index (χ2v) is 3.49. The number of aryl methyl sites for hydroxylation is 1. The van der Waals surface area contributed by atoms with E-state index in [0.717, 1.165) is 0 Å². The lowest BCUT2D eigenvalue weighted by Gasteiger charge is -2.04. The molecule has 1 aromatic carbocycles. The Morgan fingerprint density at radius 1 is 1.54 bits per heavy atom. The molecule has 1 rings (SSSR count). The van der Waals surface area contributed by atoms with Crippen LogP contribution in [0, 0.1) is 12.7 Å². The van der Waals surface area contributed by atoms with Crippen LogP contribution in [-0.2, 0) is 4.74 Å². The number of methoxy groups -OCH3 is 1. The molecule has 0 heterocycles. The zero-order valence-electron chi connectivity index (χ0n) is 7.23. The first kappa shape index (κ1) is 10.2. The smallest absolute Gasteiger partial charge is 0.340 e. The van der Waals surface area contributed by atoms with Crippen molar-refractivity contribution in [1.29, 1.82) is 0 Å². The third-order valence-electron chi connectivity index (χ3n) is 1.62. The highest BCUT2D eigenvalue weighted by Gasteiger charge is 2.14. The number of hydrogen-bond acceptors (Lipinski definition) is 2. The largest absolute Gasteiger partial charge is 0.465 e. The van der Waals surface area contributed by atoms with Gasteiger partial charge in [0.25, 0.3) is 0 Å². The maximum absolute atomic E-state index is 13.3. The van der Waals surface area contributed by atoms with E-state index in [-0.39, 0.29) is 5.56 Å². The summed E-state index contributed by atoms with van der Waals surface area (Å²) in [4.78, 5) is 11.1. The summed E-state index contributed by atoms with van der Waals surface area (Å²) in [5.74, 6) is -1.20. The second-order valence-electron chi connectivity index (χ2n) is 2.58. The molecule has 13 heavy (non-hydrogen) atoms. The van der Waals surface area contributed by atoms with E-state index in [1.54, 1.807) is 13.0 Å². The molecule has 0 atom stereocenters. The summed E-state index contributed by atoms with van der Waals surface area (Å²) in [6.07, 6.45) is 0. The molecule has 0 unspecified atom stereocenters. The fourth-order valence-corrected chi connectivity index (χ4v) is 1.56. The zero-order valence-corrected chi connectivity index (χ0v) is 8.81. The Kier molecular flexibility index (Phi) is 3.03. The van der Waals surface area contributed by atoms with Gasteiger partial charge in [-0.15, -0.1) is 0 Å². The third kappa shape index (κ3) is 2.06. The molecule has 0 fully saturated rings. The van der Waals surface area contributed by atoms with Crippen molar-refractivity contribution in [3.63, 3.8) is 0 Å². The van der Waals surface area contributed by atoms with Gasteiger partial charge in [-0.25, -0.2) is 9.18 Å². The van der Waals surface area contributed by atoms with Gasteiger partial charge in [-0.1, -0.05) is 15.9 Å². The van der Waals surface area contributed by atoms with Crippen molar-refractivity contribution in [1.82, 2.24) is 0 Å². The predicted octanol–water partition coefficient (Wildman–Crippen LogP) is 2.68. The molecule has 0 aliphatic carbocycles. The molecule has 0 aliphatic heterocycles. The first-order valence-corrected chi connectivity index (χ1v) is 4.39. The van der Waals surface area contributed by atoms with E-state index >= 15 is 0 Å². The number of carbonyl (C=O) groups excluding carboxylic acids is 1. The molecule has 0 aromatic heterocycles. The molecule has 0 radical (unpaired) electrons. The molecular weight excluding hydrogens is 239 g/mol. The maximum atomic E-state index is 13.3. The topological polar surface area (TPSA) is 26.3 Å². The van der Waals surface area contributed by atoms with Gasteiger partial charge in [0.2, 0.25) is 0 Å². The van der Waals surface area contributed by atoms with Gasteiger partial charge in [-0.3, -0.25) is 0 Å². The monoisotopic (exact) mass is 246 g/mol. The van der Waals surface area contributed by atoms with E-state index in [1.165, 1.54) is 13.2 Å². The van der Waals surface area contributed by atoms with Crippen molar-refractivity contribution in [2.24, 2.45) is 0 Å². The van der Waals surface area contributed by atoms with Crippen molar-refractivity contribution in [2.45, 2.75) is 6.92 Å². The van der Waals surface area contributed by atoms with Gasteiger partial charge in [-0.2, -0.15) is 0 Å². The standard InChI is InChI=1S/C9H8BrFO2/c1-5-3-6(10)4-7(8(5)11)9(12)13-2/h3-4H,1-2H3. The molecule has 0 saturated carbocycles. The van der Waals surface area contributed by atoms with Crippen LogP contribution in [0.5, 0.6) is 0 Å². The quantitative estimate of drug-likeness (QED) is 0.713. The number of carbonyl (C=O) groups is 1. The van der Waals surface area contributed by atoms with Crippen LogP contribution in [0.3, 0.4) is 0 Å². The normalized spacial score (nSPS) is 9.85. The first-order valence-electron chi connectivity index (χ1n) is 3.60. The summed E-state index contributed by atoms with van der Waals surface area (Å²) in [6.45, 7) is 1.59. The molecule has 0 saturated heterocycles. The van der Waals surface area contributed by atoms with Crippen molar-refractivity contribution in [3.05, 3.63) is 33.5 Å². The Labute approximate surface area is 83.8 Å². The summed E-state index contributed by atoms with van der Waals surface area (Å²) < 4.78 is 18.4. The van der Waals surface area contributed by atoms with Crippen LogP contribution in [0.25, 0.3) is 0 Å². The van der Waals surface area contributed by atoms with Gasteiger partial charge in [0.05, 0.1) is 12.7 Å². The molecule has 0 bridgehead atoms. The Bertz CT molecular complexity index is 350. The minimum Gasteiger partial charge on any atom is -0.465 e. The van der Waals surface area contributed by atoms with Crippen LogP contribution in [0.4, 0.5) is 4.39 Å². The molecular formula is C9H8BrFO2.